The van der Waals surface area contributed by atoms with Crippen LogP contribution in [0.5, 0.6) is 0 Å². The molecule has 0 saturated carbocycles. The van der Waals surface area contributed by atoms with Crippen molar-refractivity contribution in [3.8, 4) is 0 Å². The molecule has 1 fully saturated rings. The Bertz CT molecular complexity index is 580. The molecule has 108 valence electrons. The van der Waals surface area contributed by atoms with Crippen LogP contribution in [0.25, 0.3) is 10.2 Å². The van der Waals surface area contributed by atoms with Crippen molar-refractivity contribution in [2.75, 3.05) is 31.5 Å². The minimum Gasteiger partial charge on any atom is -0.369 e. The fourth-order valence-electron chi connectivity index (χ4n) is 2.71. The standard InChI is InChI=1S/C14H19ClN4S/c1-10(9-19-5-2-3-6-19)8-16-12-11-4-7-20-13(11)18-14(15)17-12/h4,7,10H,2-3,5-6,8-9H2,1H3,(H,16,17,18). The van der Waals surface area contributed by atoms with Gasteiger partial charge in [0.1, 0.15) is 10.6 Å². The van der Waals surface area contributed by atoms with E-state index in [0.717, 1.165) is 29.1 Å². The zero-order valence-electron chi connectivity index (χ0n) is 11.6. The van der Waals surface area contributed by atoms with E-state index in [4.69, 9.17) is 11.6 Å². The van der Waals surface area contributed by atoms with Gasteiger partial charge < -0.3 is 10.2 Å². The smallest absolute Gasteiger partial charge is 0.225 e. The Morgan fingerprint density at radius 1 is 1.40 bits per heavy atom. The molecule has 2 aromatic rings. The molecule has 0 spiro atoms. The number of thiophene rings is 1. The average Bonchev–Trinajstić information content (AvgIpc) is 3.06. The number of hydrogen-bond acceptors (Lipinski definition) is 5. The number of anilines is 1. The van der Waals surface area contributed by atoms with Crippen molar-refractivity contribution >= 4 is 39.0 Å². The van der Waals surface area contributed by atoms with Gasteiger partial charge in [-0.2, -0.15) is 0 Å². The summed E-state index contributed by atoms with van der Waals surface area (Å²) in [6, 6.07) is 2.05. The molecule has 1 atom stereocenters. The lowest BCUT2D eigenvalue weighted by Crippen LogP contribution is -2.29. The third kappa shape index (κ3) is 3.22. The molecule has 6 heteroatoms. The van der Waals surface area contributed by atoms with E-state index >= 15 is 0 Å². The molecule has 4 nitrogen and oxygen atoms in total. The van der Waals surface area contributed by atoms with Crippen LogP contribution in [-0.2, 0) is 0 Å². The van der Waals surface area contributed by atoms with Crippen molar-refractivity contribution in [3.05, 3.63) is 16.7 Å². The summed E-state index contributed by atoms with van der Waals surface area (Å²) in [6.07, 6.45) is 2.69. The molecule has 1 saturated heterocycles. The van der Waals surface area contributed by atoms with E-state index in [1.165, 1.54) is 25.9 Å². The number of halogens is 1. The monoisotopic (exact) mass is 310 g/mol. The van der Waals surface area contributed by atoms with Crippen molar-refractivity contribution in [1.82, 2.24) is 14.9 Å². The first-order valence-corrected chi connectivity index (χ1v) is 8.35. The second-order valence-corrected chi connectivity index (χ2v) is 6.71. The second-order valence-electron chi connectivity index (χ2n) is 5.47. The SMILES string of the molecule is CC(CNc1nc(Cl)nc2sccc12)CN1CCCC1. The van der Waals surface area contributed by atoms with E-state index in [9.17, 15) is 0 Å². The van der Waals surface area contributed by atoms with Gasteiger partial charge in [0.25, 0.3) is 0 Å². The zero-order valence-corrected chi connectivity index (χ0v) is 13.2. The Morgan fingerprint density at radius 3 is 3.00 bits per heavy atom. The van der Waals surface area contributed by atoms with Crippen LogP contribution in [0.2, 0.25) is 5.28 Å². The van der Waals surface area contributed by atoms with Gasteiger partial charge in [0.15, 0.2) is 0 Å². The van der Waals surface area contributed by atoms with E-state index in [0.29, 0.717) is 11.2 Å². The predicted molar refractivity (Wildman–Crippen MR) is 85.8 cm³/mol. The summed E-state index contributed by atoms with van der Waals surface area (Å²) in [7, 11) is 0. The van der Waals surface area contributed by atoms with Crippen LogP contribution < -0.4 is 5.32 Å². The molecule has 0 amide bonds. The highest BCUT2D eigenvalue weighted by Crippen LogP contribution is 2.26. The second kappa shape index (κ2) is 6.24. The summed E-state index contributed by atoms with van der Waals surface area (Å²) >= 11 is 7.56. The van der Waals surface area contributed by atoms with Crippen LogP contribution in [-0.4, -0.2) is 41.0 Å². The first-order chi connectivity index (χ1) is 9.72. The topological polar surface area (TPSA) is 41.1 Å². The zero-order chi connectivity index (χ0) is 13.9. The summed E-state index contributed by atoms with van der Waals surface area (Å²) < 4.78 is 0. The fourth-order valence-corrected chi connectivity index (χ4v) is 3.69. The van der Waals surface area contributed by atoms with Crippen molar-refractivity contribution in [2.45, 2.75) is 19.8 Å². The molecule has 20 heavy (non-hydrogen) atoms. The molecule has 3 rings (SSSR count). The van der Waals surface area contributed by atoms with Gasteiger partial charge in [-0.3, -0.25) is 0 Å². The Morgan fingerprint density at radius 2 is 2.20 bits per heavy atom. The van der Waals surface area contributed by atoms with Gasteiger partial charge in [-0.1, -0.05) is 6.92 Å². The van der Waals surface area contributed by atoms with E-state index < -0.39 is 0 Å². The Balaban J connectivity index is 1.62. The number of likely N-dealkylation sites (tertiary alicyclic amines) is 1. The number of rotatable bonds is 5. The van der Waals surface area contributed by atoms with Gasteiger partial charge >= 0.3 is 0 Å². The van der Waals surface area contributed by atoms with Crippen molar-refractivity contribution in [3.63, 3.8) is 0 Å². The Hall–Kier alpha value is -0.910. The first kappa shape index (κ1) is 14.0. The van der Waals surface area contributed by atoms with Gasteiger partial charge in [-0.25, -0.2) is 9.97 Å². The summed E-state index contributed by atoms with van der Waals surface area (Å²) in [5, 5.41) is 6.83. The van der Waals surface area contributed by atoms with Crippen LogP contribution in [0.1, 0.15) is 19.8 Å². The third-order valence-electron chi connectivity index (χ3n) is 3.68. The van der Waals surface area contributed by atoms with Gasteiger partial charge in [-0.05, 0) is 54.9 Å². The highest BCUT2D eigenvalue weighted by atomic mass is 35.5. The van der Waals surface area contributed by atoms with E-state index in [1.807, 2.05) is 11.4 Å². The van der Waals surface area contributed by atoms with Crippen LogP contribution in [0, 0.1) is 5.92 Å². The highest BCUT2D eigenvalue weighted by molar-refractivity contribution is 7.16. The van der Waals surface area contributed by atoms with E-state index in [-0.39, 0.29) is 0 Å². The maximum atomic E-state index is 5.97. The molecular weight excluding hydrogens is 292 g/mol. The Labute approximate surface area is 128 Å². The van der Waals surface area contributed by atoms with Gasteiger partial charge in [-0.15, -0.1) is 11.3 Å². The normalized spacial score (nSPS) is 17.7. The lowest BCUT2D eigenvalue weighted by atomic mass is 10.1. The fraction of sp³-hybridized carbons (Fsp3) is 0.571. The molecular formula is C14H19ClN4S. The molecule has 1 N–H and O–H groups in total. The van der Waals surface area contributed by atoms with Crippen LogP contribution in [0.15, 0.2) is 11.4 Å². The lowest BCUT2D eigenvalue weighted by Gasteiger charge is -2.20. The molecule has 0 radical (unpaired) electrons. The van der Waals surface area contributed by atoms with Crippen LogP contribution in [0.3, 0.4) is 0 Å². The number of aromatic nitrogens is 2. The summed E-state index contributed by atoms with van der Waals surface area (Å²) in [4.78, 5) is 12.0. The molecule has 1 aliphatic rings. The molecule has 0 aliphatic carbocycles. The van der Waals surface area contributed by atoms with Gasteiger partial charge in [0.2, 0.25) is 5.28 Å². The first-order valence-electron chi connectivity index (χ1n) is 7.09. The van der Waals surface area contributed by atoms with Gasteiger partial charge in [0, 0.05) is 13.1 Å². The number of nitrogens with zero attached hydrogens (tertiary/aromatic N) is 3. The van der Waals surface area contributed by atoms with E-state index in [2.05, 4.69) is 27.1 Å². The van der Waals surface area contributed by atoms with Crippen LogP contribution >= 0.6 is 22.9 Å². The molecule has 1 unspecified atom stereocenters. The molecule has 0 aromatic carbocycles. The summed E-state index contributed by atoms with van der Waals surface area (Å²) in [5.41, 5.74) is 0. The Kier molecular flexibility index (Phi) is 4.38. The molecule has 2 aromatic heterocycles. The van der Waals surface area contributed by atoms with E-state index in [1.54, 1.807) is 11.3 Å². The minimum atomic E-state index is 0.314. The van der Waals surface area contributed by atoms with Crippen molar-refractivity contribution in [1.29, 1.82) is 0 Å². The van der Waals surface area contributed by atoms with Crippen LogP contribution in [0.4, 0.5) is 5.82 Å². The maximum absolute atomic E-state index is 5.97. The highest BCUT2D eigenvalue weighted by Gasteiger charge is 2.15. The van der Waals surface area contributed by atoms with Crippen molar-refractivity contribution < 1.29 is 0 Å². The number of nitrogens with one attached hydrogen (secondary N) is 1. The molecule has 0 bridgehead atoms. The molecule has 1 aliphatic heterocycles. The maximum Gasteiger partial charge on any atom is 0.225 e. The predicted octanol–water partition coefficient (Wildman–Crippen LogP) is 3.49. The lowest BCUT2D eigenvalue weighted by molar-refractivity contribution is 0.294. The summed E-state index contributed by atoms with van der Waals surface area (Å²) in [6.45, 7) is 6.84. The largest absolute Gasteiger partial charge is 0.369 e. The minimum absolute atomic E-state index is 0.314. The third-order valence-corrected chi connectivity index (χ3v) is 4.66. The average molecular weight is 311 g/mol. The quantitative estimate of drug-likeness (QED) is 0.858. The number of hydrogen-bond donors (Lipinski definition) is 1. The summed E-state index contributed by atoms with van der Waals surface area (Å²) in [5.74, 6) is 1.45. The number of fused-ring (bicyclic) bond motifs is 1. The van der Waals surface area contributed by atoms with Crippen molar-refractivity contribution in [2.24, 2.45) is 5.92 Å². The van der Waals surface area contributed by atoms with Gasteiger partial charge in [0.05, 0.1) is 5.39 Å². The molecule has 3 heterocycles.